The van der Waals surface area contributed by atoms with Crippen LogP contribution in [0, 0.1) is 0 Å². The van der Waals surface area contributed by atoms with Crippen molar-refractivity contribution in [1.29, 1.82) is 0 Å². The van der Waals surface area contributed by atoms with Crippen LogP contribution >= 0.6 is 0 Å². The molecule has 0 saturated heterocycles. The molecule has 0 amide bonds. The summed E-state index contributed by atoms with van der Waals surface area (Å²) in [6.07, 6.45) is 5.26. The zero-order valence-corrected chi connectivity index (χ0v) is 21.4. The molecule has 0 atom stereocenters. The summed E-state index contributed by atoms with van der Waals surface area (Å²) in [7, 11) is 0. The zero-order chi connectivity index (χ0) is 22.7. The number of aromatic nitrogens is 3. The Morgan fingerprint density at radius 3 is 1.09 bits per heavy atom. The molecule has 6 aromatic rings. The third-order valence-corrected chi connectivity index (χ3v) is 9.34. The summed E-state index contributed by atoms with van der Waals surface area (Å²) < 4.78 is 19.4. The summed E-state index contributed by atoms with van der Waals surface area (Å²) in [5, 5.41) is 2.97. The van der Waals surface area contributed by atoms with Gasteiger partial charge in [-0.2, -0.15) is 0 Å². The van der Waals surface area contributed by atoms with E-state index in [0.29, 0.717) is 17.2 Å². The summed E-state index contributed by atoms with van der Waals surface area (Å²) in [4.78, 5) is 13.6. The first kappa shape index (κ1) is 20.8. The van der Waals surface area contributed by atoms with Gasteiger partial charge in [-0.05, 0) is 0 Å². The fraction of sp³-hybridized carbons (Fsp3) is 0. The van der Waals surface area contributed by atoms with Gasteiger partial charge in [0.15, 0.2) is 0 Å². The molecule has 34 heavy (non-hydrogen) atoms. The molecule has 0 fully saturated rings. The van der Waals surface area contributed by atoms with E-state index in [0.717, 1.165) is 32.7 Å². The van der Waals surface area contributed by atoms with E-state index in [2.05, 4.69) is 15.0 Å². The second kappa shape index (κ2) is 9.20. The van der Waals surface area contributed by atoms with Crippen LogP contribution in [0.5, 0.6) is 17.2 Å². The van der Waals surface area contributed by atoms with Gasteiger partial charge in [-0.25, -0.2) is 0 Å². The first-order chi connectivity index (χ1) is 16.8. The van der Waals surface area contributed by atoms with Gasteiger partial charge in [0.1, 0.15) is 0 Å². The van der Waals surface area contributed by atoms with Gasteiger partial charge in [-0.15, -0.1) is 0 Å². The fourth-order valence-corrected chi connectivity index (χ4v) is 7.77. The van der Waals surface area contributed by atoms with Crippen molar-refractivity contribution in [2.45, 2.75) is 0 Å². The summed E-state index contributed by atoms with van der Waals surface area (Å²) >= 11 is -3.67. The average molecular weight is 641 g/mol. The Balaban J connectivity index is 1.42. The Morgan fingerprint density at radius 2 is 0.735 bits per heavy atom. The van der Waals surface area contributed by atoms with E-state index in [1.54, 1.807) is 18.6 Å². The molecule has 0 radical (unpaired) electrons. The average Bonchev–Trinajstić information content (AvgIpc) is 2.89. The predicted octanol–water partition coefficient (Wildman–Crippen LogP) is 5.85. The van der Waals surface area contributed by atoms with Gasteiger partial charge in [0.05, 0.1) is 0 Å². The van der Waals surface area contributed by atoms with E-state index in [1.807, 2.05) is 91.0 Å². The van der Waals surface area contributed by atoms with E-state index in [4.69, 9.17) is 8.44 Å². The molecule has 6 nitrogen and oxygen atoms in total. The first-order valence-corrected chi connectivity index (χ1v) is 15.0. The van der Waals surface area contributed by atoms with Gasteiger partial charge >= 0.3 is 206 Å². The Bertz CT molecular complexity index is 1420. The quantitative estimate of drug-likeness (QED) is 0.213. The molecule has 0 aliphatic carbocycles. The second-order valence-electron chi connectivity index (χ2n) is 7.49. The van der Waals surface area contributed by atoms with Crippen LogP contribution < -0.4 is 8.44 Å². The minimum atomic E-state index is -3.67. The fourth-order valence-electron chi connectivity index (χ4n) is 3.75. The van der Waals surface area contributed by atoms with Crippen molar-refractivity contribution in [3.63, 3.8) is 0 Å². The Morgan fingerprint density at radius 1 is 0.412 bits per heavy atom. The molecule has 0 bridgehead atoms. The molecule has 7 heteroatoms. The van der Waals surface area contributed by atoms with Gasteiger partial charge in [-0.1, -0.05) is 0 Å². The van der Waals surface area contributed by atoms with Crippen molar-refractivity contribution in [3.05, 3.63) is 110 Å². The van der Waals surface area contributed by atoms with Crippen LogP contribution in [0.25, 0.3) is 32.7 Å². The number of rotatable bonds is 6. The molecule has 0 spiro atoms. The molecular formula is C27H18BiN3O3. The van der Waals surface area contributed by atoms with E-state index in [-0.39, 0.29) is 0 Å². The van der Waals surface area contributed by atoms with Crippen LogP contribution in [0.15, 0.2) is 110 Å². The Hall–Kier alpha value is -3.83. The van der Waals surface area contributed by atoms with Crippen LogP contribution in [0.1, 0.15) is 0 Å². The molecular weight excluding hydrogens is 623 g/mol. The molecule has 0 aliphatic rings. The molecule has 0 aliphatic heterocycles. The van der Waals surface area contributed by atoms with Gasteiger partial charge in [0.2, 0.25) is 0 Å². The minimum absolute atomic E-state index is 0.636. The first-order valence-electron chi connectivity index (χ1n) is 10.7. The molecule has 3 aromatic carbocycles. The summed E-state index contributed by atoms with van der Waals surface area (Å²) in [6, 6.07) is 29.3. The molecule has 6 rings (SSSR count). The molecule has 0 saturated carbocycles. The normalized spacial score (nSPS) is 11.2. The zero-order valence-electron chi connectivity index (χ0n) is 17.9. The van der Waals surface area contributed by atoms with Crippen molar-refractivity contribution < 1.29 is 8.44 Å². The van der Waals surface area contributed by atoms with E-state index in [1.165, 1.54) is 0 Å². The number of hydrogen-bond acceptors (Lipinski definition) is 6. The molecule has 3 aromatic heterocycles. The Kier molecular flexibility index (Phi) is 5.62. The number of hydrogen-bond donors (Lipinski definition) is 0. The number of benzene rings is 3. The topological polar surface area (TPSA) is 66.4 Å². The van der Waals surface area contributed by atoms with Crippen molar-refractivity contribution in [2.75, 3.05) is 0 Å². The summed E-state index contributed by atoms with van der Waals surface area (Å²) in [5.74, 6) is 1.91. The standard InChI is InChI=1S/3C9H7NO.Bi/c3*11-8-5-1-3-7-4-2-6-10-9(7)8;/h3*1-6,11H;/q;;;+3/p-3. The van der Waals surface area contributed by atoms with Gasteiger partial charge in [0, 0.05) is 0 Å². The van der Waals surface area contributed by atoms with Crippen molar-refractivity contribution >= 4 is 55.8 Å². The number of pyridine rings is 3. The maximum atomic E-state index is 6.47. The third-order valence-electron chi connectivity index (χ3n) is 5.31. The SMILES string of the molecule is c1cnc2c([O][Bi]([O]c3cccc4cccnc34)[O]c3cccc4cccnc34)cccc2c1. The molecule has 164 valence electrons. The number of fused-ring (bicyclic) bond motifs is 3. The van der Waals surface area contributed by atoms with Crippen LogP contribution in [0.4, 0.5) is 0 Å². The number of para-hydroxylation sites is 3. The van der Waals surface area contributed by atoms with Gasteiger partial charge in [0.25, 0.3) is 0 Å². The number of nitrogens with zero attached hydrogens (tertiary/aromatic N) is 3. The third kappa shape index (κ3) is 4.11. The van der Waals surface area contributed by atoms with E-state index < -0.39 is 23.1 Å². The van der Waals surface area contributed by atoms with Crippen molar-refractivity contribution in [1.82, 2.24) is 15.0 Å². The van der Waals surface area contributed by atoms with Crippen molar-refractivity contribution in [2.24, 2.45) is 0 Å². The van der Waals surface area contributed by atoms with Gasteiger partial charge in [-0.3, -0.25) is 0 Å². The monoisotopic (exact) mass is 641 g/mol. The van der Waals surface area contributed by atoms with Crippen LogP contribution in [-0.2, 0) is 0 Å². The van der Waals surface area contributed by atoms with Gasteiger partial charge < -0.3 is 0 Å². The summed E-state index contributed by atoms with van der Waals surface area (Å²) in [5.41, 5.74) is 2.30. The van der Waals surface area contributed by atoms with Crippen LogP contribution in [-0.4, -0.2) is 38.0 Å². The summed E-state index contributed by atoms with van der Waals surface area (Å²) in [6.45, 7) is 0. The molecule has 0 N–H and O–H groups in total. The maximum absolute atomic E-state index is 6.47. The predicted molar refractivity (Wildman–Crippen MR) is 133 cm³/mol. The Labute approximate surface area is 205 Å². The van der Waals surface area contributed by atoms with Crippen molar-refractivity contribution in [3.8, 4) is 17.2 Å². The van der Waals surface area contributed by atoms with Crippen LogP contribution in [0.2, 0.25) is 0 Å². The second-order valence-corrected chi connectivity index (χ2v) is 11.4. The van der Waals surface area contributed by atoms with Crippen LogP contribution in [0.3, 0.4) is 0 Å². The van der Waals surface area contributed by atoms with E-state index in [9.17, 15) is 0 Å². The van der Waals surface area contributed by atoms with E-state index >= 15 is 0 Å². The molecule has 3 heterocycles. The molecule has 0 unspecified atom stereocenters.